The molecule has 2 aromatic carbocycles. The van der Waals surface area contributed by atoms with E-state index in [1.807, 2.05) is 0 Å². The molecule has 1 heterocycles. The minimum Gasteiger partial charge on any atom is -0.343 e. The van der Waals surface area contributed by atoms with Gasteiger partial charge in [0, 0.05) is 36.8 Å². The summed E-state index contributed by atoms with van der Waals surface area (Å²) < 4.78 is 65.2. The van der Waals surface area contributed by atoms with Crippen LogP contribution in [0.1, 0.15) is 15.9 Å². The Morgan fingerprint density at radius 1 is 1.00 bits per heavy atom. The lowest BCUT2D eigenvalue weighted by atomic mass is 10.2. The molecule has 0 bridgehead atoms. The quantitative estimate of drug-likeness (QED) is 0.699. The number of sulfonamides is 1. The van der Waals surface area contributed by atoms with Gasteiger partial charge in [-0.1, -0.05) is 23.7 Å². The van der Waals surface area contributed by atoms with Crippen molar-refractivity contribution in [2.75, 3.05) is 32.7 Å². The second kappa shape index (κ2) is 9.47. The predicted molar refractivity (Wildman–Crippen MR) is 111 cm³/mol. The van der Waals surface area contributed by atoms with Gasteiger partial charge in [0.05, 0.1) is 17.0 Å². The summed E-state index contributed by atoms with van der Waals surface area (Å²) in [6.45, 7) is -0.348. The van der Waals surface area contributed by atoms with Crippen LogP contribution in [0.15, 0.2) is 53.4 Å². The van der Waals surface area contributed by atoms with E-state index < -0.39 is 38.5 Å². The van der Waals surface area contributed by atoms with Gasteiger partial charge in [0.1, 0.15) is 0 Å². The van der Waals surface area contributed by atoms with Crippen molar-refractivity contribution in [1.29, 1.82) is 0 Å². The maximum Gasteiger partial charge on any atom is 0.416 e. The van der Waals surface area contributed by atoms with E-state index in [1.165, 1.54) is 11.0 Å². The monoisotopic (exact) mass is 489 g/mol. The topological polar surface area (TPSA) is 86.8 Å². The molecule has 7 nitrogen and oxygen atoms in total. The third-order valence-electron chi connectivity index (χ3n) is 4.88. The smallest absolute Gasteiger partial charge is 0.343 e. The number of nitrogens with zero attached hydrogens (tertiary/aromatic N) is 2. The van der Waals surface area contributed by atoms with Crippen LogP contribution in [0.25, 0.3) is 0 Å². The Kier molecular flexibility index (Phi) is 7.11. The fourth-order valence-corrected chi connectivity index (χ4v) is 4.82. The van der Waals surface area contributed by atoms with Gasteiger partial charge in [0.25, 0.3) is 5.91 Å². The average molecular weight is 490 g/mol. The zero-order valence-electron chi connectivity index (χ0n) is 16.6. The summed E-state index contributed by atoms with van der Waals surface area (Å²) >= 11 is 5.83. The van der Waals surface area contributed by atoms with Crippen LogP contribution in [0.4, 0.5) is 13.2 Å². The van der Waals surface area contributed by atoms with E-state index in [9.17, 15) is 31.2 Å². The number of hydrogen-bond donors (Lipinski definition) is 1. The largest absolute Gasteiger partial charge is 0.416 e. The third kappa shape index (κ3) is 5.59. The minimum atomic E-state index is -4.66. The molecule has 0 atom stereocenters. The average Bonchev–Trinajstić information content (AvgIpc) is 2.77. The van der Waals surface area contributed by atoms with E-state index in [0.29, 0.717) is 16.7 Å². The number of alkyl halides is 3. The number of piperazine rings is 1. The van der Waals surface area contributed by atoms with E-state index >= 15 is 0 Å². The molecular formula is C20H19ClF3N3O4S. The number of carbonyl (C=O) groups is 2. The highest BCUT2D eigenvalue weighted by molar-refractivity contribution is 7.89. The van der Waals surface area contributed by atoms with Gasteiger partial charge in [-0.15, -0.1) is 0 Å². The summed E-state index contributed by atoms with van der Waals surface area (Å²) in [6.07, 6.45) is -4.66. The Morgan fingerprint density at radius 2 is 1.66 bits per heavy atom. The van der Waals surface area contributed by atoms with Crippen molar-refractivity contribution in [1.82, 2.24) is 14.5 Å². The van der Waals surface area contributed by atoms with Crippen LogP contribution in [0.5, 0.6) is 0 Å². The Hall–Kier alpha value is -2.63. The number of carbonyl (C=O) groups excluding carboxylic acids is 2. The molecule has 0 radical (unpaired) electrons. The number of hydrogen-bond acceptors (Lipinski definition) is 4. The highest BCUT2D eigenvalue weighted by atomic mass is 35.5. The lowest BCUT2D eigenvalue weighted by Crippen LogP contribution is -2.52. The zero-order chi connectivity index (χ0) is 23.5. The van der Waals surface area contributed by atoms with Crippen molar-refractivity contribution in [3.8, 4) is 0 Å². The number of halogens is 4. The van der Waals surface area contributed by atoms with Crippen LogP contribution >= 0.6 is 11.6 Å². The molecule has 1 saturated heterocycles. The summed E-state index contributed by atoms with van der Waals surface area (Å²) in [5, 5.41) is 2.86. The van der Waals surface area contributed by atoms with E-state index in [-0.39, 0.29) is 32.7 Å². The van der Waals surface area contributed by atoms with Gasteiger partial charge in [0.15, 0.2) is 0 Å². The normalized spacial score (nSPS) is 15.4. The van der Waals surface area contributed by atoms with Crippen LogP contribution in [0, 0.1) is 0 Å². The van der Waals surface area contributed by atoms with Crippen LogP contribution in [-0.4, -0.2) is 62.2 Å². The molecule has 32 heavy (non-hydrogen) atoms. The Labute approximate surface area is 187 Å². The Balaban J connectivity index is 1.57. The lowest BCUT2D eigenvalue weighted by molar-refractivity contribution is -0.137. The molecule has 0 spiro atoms. The molecule has 0 aliphatic carbocycles. The second-order valence-electron chi connectivity index (χ2n) is 7.00. The highest BCUT2D eigenvalue weighted by Crippen LogP contribution is 2.31. The van der Waals surface area contributed by atoms with E-state index in [1.54, 1.807) is 18.2 Å². The SMILES string of the molecule is O=C(NCC(=O)N1CCN(S(=O)(=O)c2cccc(C(F)(F)F)c2)CC1)c1cccc(Cl)c1. The lowest BCUT2D eigenvalue weighted by Gasteiger charge is -2.34. The summed E-state index contributed by atoms with van der Waals surface area (Å²) in [4.78, 5) is 25.4. The molecule has 3 rings (SSSR count). The van der Waals surface area contributed by atoms with Crippen LogP contribution < -0.4 is 5.32 Å². The first-order valence-electron chi connectivity index (χ1n) is 9.47. The molecule has 1 aliphatic heterocycles. The van der Waals surface area contributed by atoms with Crippen molar-refractivity contribution in [3.63, 3.8) is 0 Å². The van der Waals surface area contributed by atoms with Gasteiger partial charge in [-0.3, -0.25) is 9.59 Å². The van der Waals surface area contributed by atoms with E-state index in [0.717, 1.165) is 22.5 Å². The molecule has 1 N–H and O–H groups in total. The van der Waals surface area contributed by atoms with Gasteiger partial charge in [0.2, 0.25) is 15.9 Å². The van der Waals surface area contributed by atoms with Crippen LogP contribution in [-0.2, 0) is 21.0 Å². The molecule has 0 unspecified atom stereocenters. The fourth-order valence-electron chi connectivity index (χ4n) is 3.16. The van der Waals surface area contributed by atoms with Crippen molar-refractivity contribution < 1.29 is 31.2 Å². The third-order valence-corrected chi connectivity index (χ3v) is 7.01. The predicted octanol–water partition coefficient (Wildman–Crippen LogP) is 2.62. The summed E-state index contributed by atoms with van der Waals surface area (Å²) in [5.41, 5.74) is -0.759. The molecule has 0 saturated carbocycles. The first-order chi connectivity index (χ1) is 15.0. The van der Waals surface area contributed by atoms with Crippen LogP contribution in [0.3, 0.4) is 0 Å². The van der Waals surface area contributed by atoms with Gasteiger partial charge < -0.3 is 10.2 Å². The molecular weight excluding hydrogens is 471 g/mol. The van der Waals surface area contributed by atoms with Crippen molar-refractivity contribution in [2.24, 2.45) is 0 Å². The van der Waals surface area contributed by atoms with E-state index in [4.69, 9.17) is 11.6 Å². The number of benzene rings is 2. The Bertz CT molecular complexity index is 1120. The fraction of sp³-hybridized carbons (Fsp3) is 0.300. The molecule has 12 heteroatoms. The molecule has 172 valence electrons. The first-order valence-corrected chi connectivity index (χ1v) is 11.3. The van der Waals surface area contributed by atoms with Crippen molar-refractivity contribution in [2.45, 2.75) is 11.1 Å². The minimum absolute atomic E-state index is 0.0457. The van der Waals surface area contributed by atoms with Gasteiger partial charge in [-0.05, 0) is 36.4 Å². The summed E-state index contributed by atoms with van der Waals surface area (Å²) in [7, 11) is -4.15. The van der Waals surface area contributed by atoms with Gasteiger partial charge in [-0.25, -0.2) is 8.42 Å². The molecule has 1 fully saturated rings. The maximum absolute atomic E-state index is 12.9. The van der Waals surface area contributed by atoms with Crippen molar-refractivity contribution >= 4 is 33.4 Å². The molecule has 2 aromatic rings. The maximum atomic E-state index is 12.9. The summed E-state index contributed by atoms with van der Waals surface area (Å²) in [5.74, 6) is -0.886. The first kappa shape index (κ1) is 24.0. The van der Waals surface area contributed by atoms with Crippen molar-refractivity contribution in [3.05, 3.63) is 64.7 Å². The molecule has 1 aliphatic rings. The van der Waals surface area contributed by atoms with Gasteiger partial charge >= 0.3 is 6.18 Å². The summed E-state index contributed by atoms with van der Waals surface area (Å²) in [6, 6.07) is 9.75. The number of rotatable bonds is 5. The molecule has 2 amide bonds. The second-order valence-corrected chi connectivity index (χ2v) is 9.38. The van der Waals surface area contributed by atoms with E-state index in [2.05, 4.69) is 5.32 Å². The number of nitrogens with one attached hydrogen (secondary N) is 1. The standard InChI is InChI=1S/C20H19ClF3N3O4S/c21-16-5-1-3-14(11-16)19(29)25-13-18(28)26-7-9-27(10-8-26)32(30,31)17-6-2-4-15(12-17)20(22,23)24/h1-6,11-12H,7-10,13H2,(H,25,29). The molecule has 0 aromatic heterocycles. The zero-order valence-corrected chi connectivity index (χ0v) is 18.2. The Morgan fingerprint density at radius 3 is 2.28 bits per heavy atom. The van der Waals surface area contributed by atoms with Gasteiger partial charge in [-0.2, -0.15) is 17.5 Å². The highest BCUT2D eigenvalue weighted by Gasteiger charge is 2.34. The number of amides is 2. The van der Waals surface area contributed by atoms with Crippen LogP contribution in [0.2, 0.25) is 5.02 Å².